The van der Waals surface area contributed by atoms with Gasteiger partial charge in [-0.2, -0.15) is 0 Å². The molecule has 1 aliphatic carbocycles. The molecule has 11 aromatic rings. The van der Waals surface area contributed by atoms with Crippen molar-refractivity contribution in [3.63, 3.8) is 0 Å². The SMILES string of the molecule is C1=C(c2ccc(N(c3ccc4c(c3)oc3ccccc34)c3ccc4c(c3)sc3ccccc34)cc2)CCC(n2c3ccccc3c3ccc4ccccc4c32)=C1. The van der Waals surface area contributed by atoms with E-state index >= 15 is 0 Å². The van der Waals surface area contributed by atoms with Gasteiger partial charge in [-0.1, -0.05) is 115 Å². The molecular weight excluding hydrogens is 701 g/mol. The molecule has 0 N–H and O–H groups in total. The zero-order chi connectivity index (χ0) is 36.7. The average molecular weight is 735 g/mol. The standard InChI is InChI=1S/C52H34N2OS/c1-2-10-40-35(9-1)21-28-46-41-11-3-6-14-47(41)54(52(40)46)37-24-19-34(20-25-37)33-17-22-36(23-18-33)53(38-26-29-43-42-12-4-7-15-48(42)55-49(43)31-38)39-27-30-45-44-13-5-8-16-50(44)56-51(45)32-39/h1-19,21-24,26-32H,20,25H2. The summed E-state index contributed by atoms with van der Waals surface area (Å²) in [7, 11) is 0. The lowest BCUT2D eigenvalue weighted by Gasteiger charge is -2.26. The molecule has 0 saturated carbocycles. The number of para-hydroxylation sites is 2. The van der Waals surface area contributed by atoms with Crippen LogP contribution in [0.2, 0.25) is 0 Å². The van der Waals surface area contributed by atoms with Crippen molar-refractivity contribution in [1.82, 2.24) is 4.57 Å². The van der Waals surface area contributed by atoms with Gasteiger partial charge in [0.25, 0.3) is 0 Å². The van der Waals surface area contributed by atoms with Crippen LogP contribution in [0.5, 0.6) is 0 Å². The summed E-state index contributed by atoms with van der Waals surface area (Å²) < 4.78 is 11.5. The quantitative estimate of drug-likeness (QED) is 0.176. The van der Waals surface area contributed by atoms with Crippen LogP contribution in [0, 0.1) is 0 Å². The Morgan fingerprint density at radius 3 is 1.98 bits per heavy atom. The first-order valence-electron chi connectivity index (χ1n) is 19.3. The highest BCUT2D eigenvalue weighted by Gasteiger charge is 2.20. The molecule has 3 heterocycles. The summed E-state index contributed by atoms with van der Waals surface area (Å²) in [5.74, 6) is 0. The van der Waals surface area contributed by atoms with Crippen molar-refractivity contribution in [3.8, 4) is 0 Å². The third-order valence-corrected chi connectivity index (χ3v) is 12.8. The second-order valence-electron chi connectivity index (χ2n) is 14.8. The summed E-state index contributed by atoms with van der Waals surface area (Å²) in [5, 5.41) is 10.0. The molecule has 0 atom stereocenters. The smallest absolute Gasteiger partial charge is 0.137 e. The number of furan rings is 1. The summed E-state index contributed by atoms with van der Waals surface area (Å²) in [4.78, 5) is 2.36. The van der Waals surface area contributed by atoms with Crippen LogP contribution in [0.4, 0.5) is 17.1 Å². The lowest BCUT2D eigenvalue weighted by atomic mass is 9.95. The number of allylic oxidation sites excluding steroid dienone is 4. The van der Waals surface area contributed by atoms with Crippen molar-refractivity contribution in [2.24, 2.45) is 0 Å². The van der Waals surface area contributed by atoms with Gasteiger partial charge in [0.1, 0.15) is 11.2 Å². The zero-order valence-corrected chi connectivity index (χ0v) is 31.3. The van der Waals surface area contributed by atoms with E-state index in [0.29, 0.717) is 0 Å². The van der Waals surface area contributed by atoms with E-state index in [1.165, 1.54) is 69.6 Å². The Bertz CT molecular complexity index is 3320. The van der Waals surface area contributed by atoms with Crippen LogP contribution in [-0.4, -0.2) is 4.57 Å². The molecule has 0 fully saturated rings. The van der Waals surface area contributed by atoms with Gasteiger partial charge in [0.15, 0.2) is 0 Å². The molecule has 8 aromatic carbocycles. The average Bonchev–Trinajstić information content (AvgIpc) is 3.93. The number of rotatable bonds is 5. The maximum Gasteiger partial charge on any atom is 0.137 e. The predicted octanol–water partition coefficient (Wildman–Crippen LogP) is 15.4. The van der Waals surface area contributed by atoms with Crippen LogP contribution >= 0.6 is 11.3 Å². The largest absolute Gasteiger partial charge is 0.456 e. The van der Waals surface area contributed by atoms with Gasteiger partial charge >= 0.3 is 0 Å². The highest BCUT2D eigenvalue weighted by Crippen LogP contribution is 2.44. The number of hydrogen-bond acceptors (Lipinski definition) is 3. The van der Waals surface area contributed by atoms with E-state index in [1.54, 1.807) is 0 Å². The van der Waals surface area contributed by atoms with Crippen molar-refractivity contribution < 1.29 is 4.42 Å². The highest BCUT2D eigenvalue weighted by atomic mass is 32.1. The number of benzene rings is 8. The van der Waals surface area contributed by atoms with Crippen molar-refractivity contribution in [1.29, 1.82) is 0 Å². The van der Waals surface area contributed by atoms with Crippen LogP contribution in [0.3, 0.4) is 0 Å². The first-order chi connectivity index (χ1) is 27.7. The number of anilines is 3. The normalized spacial score (nSPS) is 13.4. The number of hydrogen-bond donors (Lipinski definition) is 0. The fraction of sp³-hybridized carbons (Fsp3) is 0.0385. The van der Waals surface area contributed by atoms with Gasteiger partial charge in [-0.3, -0.25) is 0 Å². The molecule has 4 heteroatoms. The zero-order valence-electron chi connectivity index (χ0n) is 30.4. The fourth-order valence-electron chi connectivity index (χ4n) is 9.06. The van der Waals surface area contributed by atoms with Gasteiger partial charge in [-0.15, -0.1) is 11.3 Å². The topological polar surface area (TPSA) is 21.3 Å². The summed E-state index contributed by atoms with van der Waals surface area (Å²) in [6, 6.07) is 61.7. The van der Waals surface area contributed by atoms with Gasteiger partial charge in [-0.05, 0) is 90.0 Å². The Labute approximate surface area is 327 Å². The number of fused-ring (bicyclic) bond motifs is 11. The number of nitrogens with zero attached hydrogens (tertiary/aromatic N) is 2. The van der Waals surface area contributed by atoms with Gasteiger partial charge in [0.05, 0.1) is 11.0 Å². The van der Waals surface area contributed by atoms with E-state index in [2.05, 4.69) is 179 Å². The fourth-order valence-corrected chi connectivity index (χ4v) is 10.2. The van der Waals surface area contributed by atoms with E-state index in [-0.39, 0.29) is 0 Å². The monoisotopic (exact) mass is 734 g/mol. The first-order valence-corrected chi connectivity index (χ1v) is 20.1. The van der Waals surface area contributed by atoms with Crippen molar-refractivity contribution >= 4 is 114 Å². The molecule has 0 radical (unpaired) electrons. The molecular formula is C52H34N2OS. The maximum atomic E-state index is 6.39. The third kappa shape index (κ3) is 4.83. The second-order valence-corrected chi connectivity index (χ2v) is 15.9. The molecule has 0 aliphatic heterocycles. The summed E-state index contributed by atoms with van der Waals surface area (Å²) >= 11 is 1.85. The van der Waals surface area contributed by atoms with E-state index in [9.17, 15) is 0 Å². The van der Waals surface area contributed by atoms with Crippen molar-refractivity contribution in [2.45, 2.75) is 12.8 Å². The van der Waals surface area contributed by atoms with Gasteiger partial charge in [0.2, 0.25) is 0 Å². The first kappa shape index (κ1) is 31.5. The van der Waals surface area contributed by atoms with Gasteiger partial charge in [-0.25, -0.2) is 0 Å². The molecule has 0 spiro atoms. The Balaban J connectivity index is 0.949. The molecule has 0 bridgehead atoms. The Hall–Kier alpha value is -6.88. The van der Waals surface area contributed by atoms with Crippen LogP contribution in [0.1, 0.15) is 18.4 Å². The van der Waals surface area contributed by atoms with Crippen LogP contribution in [0.25, 0.3) is 86.0 Å². The molecule has 1 aliphatic rings. The molecule has 0 saturated heterocycles. The van der Waals surface area contributed by atoms with Gasteiger partial charge in [0, 0.05) is 75.9 Å². The third-order valence-electron chi connectivity index (χ3n) is 11.7. The molecule has 3 aromatic heterocycles. The predicted molar refractivity (Wildman–Crippen MR) is 240 cm³/mol. The van der Waals surface area contributed by atoms with E-state index in [1.807, 2.05) is 23.5 Å². The van der Waals surface area contributed by atoms with Crippen molar-refractivity contribution in [3.05, 3.63) is 188 Å². The highest BCUT2D eigenvalue weighted by molar-refractivity contribution is 7.25. The minimum absolute atomic E-state index is 0.888. The van der Waals surface area contributed by atoms with Crippen LogP contribution in [0.15, 0.2) is 186 Å². The molecule has 0 unspecified atom stereocenters. The molecule has 264 valence electrons. The summed E-state index contributed by atoms with van der Waals surface area (Å²) in [6.07, 6.45) is 6.61. The minimum atomic E-state index is 0.888. The van der Waals surface area contributed by atoms with E-state index in [0.717, 1.165) is 51.8 Å². The van der Waals surface area contributed by atoms with Crippen molar-refractivity contribution in [2.75, 3.05) is 4.90 Å². The van der Waals surface area contributed by atoms with E-state index < -0.39 is 0 Å². The molecule has 0 amide bonds. The van der Waals surface area contributed by atoms with Crippen LogP contribution < -0.4 is 4.90 Å². The lowest BCUT2D eigenvalue weighted by molar-refractivity contribution is 0.669. The van der Waals surface area contributed by atoms with E-state index in [4.69, 9.17) is 4.42 Å². The lowest BCUT2D eigenvalue weighted by Crippen LogP contribution is -2.10. The molecule has 3 nitrogen and oxygen atoms in total. The second kappa shape index (κ2) is 12.3. The Morgan fingerprint density at radius 1 is 0.464 bits per heavy atom. The summed E-state index contributed by atoms with van der Waals surface area (Å²) in [5.41, 5.74) is 11.6. The molecule has 12 rings (SSSR count). The molecule has 56 heavy (non-hydrogen) atoms. The maximum absolute atomic E-state index is 6.39. The summed E-state index contributed by atoms with van der Waals surface area (Å²) in [6.45, 7) is 0. The Kier molecular flexibility index (Phi) is 6.92. The number of aromatic nitrogens is 1. The van der Waals surface area contributed by atoms with Crippen LogP contribution in [-0.2, 0) is 0 Å². The minimum Gasteiger partial charge on any atom is -0.456 e. The van der Waals surface area contributed by atoms with Gasteiger partial charge < -0.3 is 13.9 Å². The Morgan fingerprint density at radius 2 is 1.12 bits per heavy atom. The number of thiophene rings is 1.